The van der Waals surface area contributed by atoms with Crippen molar-refractivity contribution in [3.05, 3.63) is 53.9 Å². The van der Waals surface area contributed by atoms with Crippen LogP contribution < -0.4 is 10.6 Å². The van der Waals surface area contributed by atoms with Gasteiger partial charge in [-0.1, -0.05) is 12.1 Å². The molecular formula is C18H16N4O2S. The fraction of sp³-hybridized carbons (Fsp3) is 0.167. The van der Waals surface area contributed by atoms with E-state index in [0.29, 0.717) is 30.0 Å². The van der Waals surface area contributed by atoms with Gasteiger partial charge in [0, 0.05) is 23.4 Å². The first kappa shape index (κ1) is 15.7. The first-order valence-corrected chi connectivity index (χ1v) is 8.96. The molecule has 126 valence electrons. The van der Waals surface area contributed by atoms with Gasteiger partial charge >= 0.3 is 0 Å². The molecule has 0 radical (unpaired) electrons. The number of hydrogen-bond acceptors (Lipinski definition) is 4. The molecular weight excluding hydrogens is 336 g/mol. The zero-order valence-corrected chi connectivity index (χ0v) is 14.2. The summed E-state index contributed by atoms with van der Waals surface area (Å²) in [5.41, 5.74) is 3.15. The smallest absolute Gasteiger partial charge is 0.251 e. The third-order valence-electron chi connectivity index (χ3n) is 3.96. The minimum absolute atomic E-state index is 0.0417. The quantitative estimate of drug-likeness (QED) is 0.673. The molecule has 0 saturated carbocycles. The van der Waals surface area contributed by atoms with Gasteiger partial charge in [-0.2, -0.15) is 0 Å². The maximum absolute atomic E-state index is 12.3. The summed E-state index contributed by atoms with van der Waals surface area (Å²) in [7, 11) is 0. The summed E-state index contributed by atoms with van der Waals surface area (Å²) in [6, 6.07) is 13.2. The molecule has 0 saturated heterocycles. The average Bonchev–Trinajstić information content (AvgIpc) is 3.03. The Kier molecular flexibility index (Phi) is 4.15. The number of aromatic amines is 1. The number of H-pyrrole nitrogens is 1. The summed E-state index contributed by atoms with van der Waals surface area (Å²) < 4.78 is 0. The molecule has 0 spiro atoms. The van der Waals surface area contributed by atoms with Crippen LogP contribution in [0.1, 0.15) is 16.2 Å². The number of carbonyl (C=O) groups is 2. The molecule has 25 heavy (non-hydrogen) atoms. The number of carbonyl (C=O) groups excluding carboxylic acids is 2. The molecule has 3 aromatic rings. The second-order valence-electron chi connectivity index (χ2n) is 5.75. The first-order valence-electron chi connectivity index (χ1n) is 7.97. The summed E-state index contributed by atoms with van der Waals surface area (Å²) in [6.45, 7) is 0.483. The predicted molar refractivity (Wildman–Crippen MR) is 97.9 cm³/mol. The summed E-state index contributed by atoms with van der Waals surface area (Å²) in [6.07, 6.45) is 0.623. The zero-order chi connectivity index (χ0) is 17.2. The average molecular weight is 352 g/mol. The second-order valence-corrected chi connectivity index (χ2v) is 6.77. The Bertz CT molecular complexity index is 934. The third-order valence-corrected chi connectivity index (χ3v) is 5.03. The number of benzene rings is 2. The van der Waals surface area contributed by atoms with Crippen molar-refractivity contribution >= 4 is 40.3 Å². The van der Waals surface area contributed by atoms with Crippen LogP contribution in [0, 0.1) is 0 Å². The van der Waals surface area contributed by atoms with Crippen LogP contribution in [0.3, 0.4) is 0 Å². The maximum atomic E-state index is 12.3. The standard InChI is InChI=1S/C18H16N4O2S/c23-17-10-25-15-6-5-11(9-14(15)22-17)18(24)19-8-7-16-20-12-3-1-2-4-13(12)21-16/h1-6,9H,7-8,10H2,(H,19,24)(H,20,21)(H,22,23). The number of rotatable bonds is 4. The molecule has 0 aliphatic carbocycles. The fourth-order valence-corrected chi connectivity index (χ4v) is 3.53. The Morgan fingerprint density at radius 2 is 2.12 bits per heavy atom. The van der Waals surface area contributed by atoms with E-state index in [1.807, 2.05) is 30.3 Å². The van der Waals surface area contributed by atoms with Crippen molar-refractivity contribution in [1.82, 2.24) is 15.3 Å². The van der Waals surface area contributed by atoms with Gasteiger partial charge in [-0.15, -0.1) is 11.8 Å². The number of thioether (sulfide) groups is 1. The van der Waals surface area contributed by atoms with Crippen molar-refractivity contribution in [2.45, 2.75) is 11.3 Å². The van der Waals surface area contributed by atoms with Gasteiger partial charge in [0.1, 0.15) is 5.82 Å². The van der Waals surface area contributed by atoms with Crippen molar-refractivity contribution in [2.75, 3.05) is 17.6 Å². The zero-order valence-electron chi connectivity index (χ0n) is 13.3. The number of hydrogen-bond donors (Lipinski definition) is 3. The van der Waals surface area contributed by atoms with E-state index in [9.17, 15) is 9.59 Å². The molecule has 0 fully saturated rings. The van der Waals surface area contributed by atoms with E-state index in [-0.39, 0.29) is 11.8 Å². The van der Waals surface area contributed by atoms with E-state index < -0.39 is 0 Å². The molecule has 1 aromatic heterocycles. The van der Waals surface area contributed by atoms with Gasteiger partial charge in [-0.3, -0.25) is 9.59 Å². The Morgan fingerprint density at radius 1 is 1.24 bits per heavy atom. The van der Waals surface area contributed by atoms with Crippen LogP contribution in [0.25, 0.3) is 11.0 Å². The number of para-hydroxylation sites is 2. The van der Waals surface area contributed by atoms with Gasteiger partial charge in [0.15, 0.2) is 0 Å². The summed E-state index contributed by atoms with van der Waals surface area (Å²) >= 11 is 1.48. The highest BCUT2D eigenvalue weighted by Gasteiger charge is 2.17. The molecule has 2 heterocycles. The van der Waals surface area contributed by atoms with E-state index in [1.54, 1.807) is 12.1 Å². The van der Waals surface area contributed by atoms with E-state index in [0.717, 1.165) is 21.8 Å². The predicted octanol–water partition coefficient (Wildman–Crippen LogP) is 2.58. The highest BCUT2D eigenvalue weighted by atomic mass is 32.2. The van der Waals surface area contributed by atoms with Gasteiger partial charge in [0.2, 0.25) is 5.91 Å². The van der Waals surface area contributed by atoms with Gasteiger partial charge in [0.05, 0.1) is 22.5 Å². The lowest BCUT2D eigenvalue weighted by atomic mass is 10.2. The van der Waals surface area contributed by atoms with Crippen LogP contribution in [-0.4, -0.2) is 34.1 Å². The molecule has 0 atom stereocenters. The van der Waals surface area contributed by atoms with Crippen LogP contribution in [0.4, 0.5) is 5.69 Å². The monoisotopic (exact) mass is 352 g/mol. The maximum Gasteiger partial charge on any atom is 0.251 e. The van der Waals surface area contributed by atoms with E-state index in [1.165, 1.54) is 11.8 Å². The number of fused-ring (bicyclic) bond motifs is 2. The molecule has 3 N–H and O–H groups in total. The number of nitrogens with one attached hydrogen (secondary N) is 3. The Morgan fingerprint density at radius 3 is 3.00 bits per heavy atom. The van der Waals surface area contributed by atoms with Gasteiger partial charge in [-0.05, 0) is 30.3 Å². The number of aromatic nitrogens is 2. The van der Waals surface area contributed by atoms with E-state index in [4.69, 9.17) is 0 Å². The molecule has 7 heteroatoms. The van der Waals surface area contributed by atoms with Gasteiger partial charge < -0.3 is 15.6 Å². The lowest BCUT2D eigenvalue weighted by Gasteiger charge is -2.16. The Balaban J connectivity index is 1.39. The molecule has 2 amide bonds. The van der Waals surface area contributed by atoms with Crippen LogP contribution in [0.5, 0.6) is 0 Å². The third kappa shape index (κ3) is 3.36. The second kappa shape index (κ2) is 6.60. The van der Waals surface area contributed by atoms with Crippen LogP contribution in [-0.2, 0) is 11.2 Å². The van der Waals surface area contributed by atoms with Crippen molar-refractivity contribution in [3.8, 4) is 0 Å². The van der Waals surface area contributed by atoms with Crippen molar-refractivity contribution < 1.29 is 9.59 Å². The van der Waals surface area contributed by atoms with Gasteiger partial charge in [-0.25, -0.2) is 4.98 Å². The number of imidazole rings is 1. The first-order chi connectivity index (χ1) is 12.2. The molecule has 6 nitrogen and oxygen atoms in total. The van der Waals surface area contributed by atoms with E-state index in [2.05, 4.69) is 20.6 Å². The normalized spacial score (nSPS) is 13.4. The highest BCUT2D eigenvalue weighted by molar-refractivity contribution is 8.00. The number of anilines is 1. The Labute approximate surface area is 148 Å². The topological polar surface area (TPSA) is 86.9 Å². The number of amides is 2. The molecule has 4 rings (SSSR count). The minimum atomic E-state index is -0.163. The lowest BCUT2D eigenvalue weighted by Crippen LogP contribution is -2.26. The molecule has 2 aromatic carbocycles. The number of nitrogens with zero attached hydrogens (tertiary/aromatic N) is 1. The molecule has 1 aliphatic heterocycles. The fourth-order valence-electron chi connectivity index (χ4n) is 2.74. The molecule has 0 bridgehead atoms. The van der Waals surface area contributed by atoms with Crippen molar-refractivity contribution in [1.29, 1.82) is 0 Å². The largest absolute Gasteiger partial charge is 0.352 e. The Hall–Kier alpha value is -2.80. The van der Waals surface area contributed by atoms with Crippen LogP contribution >= 0.6 is 11.8 Å². The summed E-state index contributed by atoms with van der Waals surface area (Å²) in [5.74, 6) is 1.05. The van der Waals surface area contributed by atoms with Crippen LogP contribution in [0.2, 0.25) is 0 Å². The van der Waals surface area contributed by atoms with Crippen molar-refractivity contribution in [2.24, 2.45) is 0 Å². The molecule has 1 aliphatic rings. The lowest BCUT2D eigenvalue weighted by molar-refractivity contribution is -0.113. The highest BCUT2D eigenvalue weighted by Crippen LogP contribution is 2.31. The summed E-state index contributed by atoms with van der Waals surface area (Å²) in [5, 5.41) is 5.69. The minimum Gasteiger partial charge on any atom is -0.352 e. The molecule has 0 unspecified atom stereocenters. The van der Waals surface area contributed by atoms with Crippen molar-refractivity contribution in [3.63, 3.8) is 0 Å². The summed E-state index contributed by atoms with van der Waals surface area (Å²) in [4.78, 5) is 32.5. The SMILES string of the molecule is O=C1CSc2ccc(C(=O)NCCc3nc4ccccc4[nH]3)cc2N1. The van der Waals surface area contributed by atoms with E-state index >= 15 is 0 Å². The van der Waals surface area contributed by atoms with Crippen LogP contribution in [0.15, 0.2) is 47.4 Å². The van der Waals surface area contributed by atoms with Gasteiger partial charge in [0.25, 0.3) is 5.91 Å².